The molecule has 2 nitrogen and oxygen atoms in total. The molecule has 0 aliphatic carbocycles. The fourth-order valence-electron chi connectivity index (χ4n) is 1.91. The molecule has 0 radical (unpaired) electrons. The van der Waals surface area contributed by atoms with Crippen LogP contribution in [-0.4, -0.2) is 11.8 Å². The highest BCUT2D eigenvalue weighted by atomic mass is 35.5. The van der Waals surface area contributed by atoms with Gasteiger partial charge in [0.05, 0.1) is 6.54 Å². The minimum atomic E-state index is 0.0463. The van der Waals surface area contributed by atoms with Crippen molar-refractivity contribution < 1.29 is 4.79 Å². The number of para-hydroxylation sites is 1. The Morgan fingerprint density at radius 3 is 2.11 bits per heavy atom. The lowest BCUT2D eigenvalue weighted by atomic mass is 10.2. The summed E-state index contributed by atoms with van der Waals surface area (Å²) in [6, 6.07) is 19.6. The maximum Gasteiger partial charge on any atom is 0.228 e. The van der Waals surface area contributed by atoms with Crippen molar-refractivity contribution in [2.45, 2.75) is 13.0 Å². The first-order valence-corrected chi connectivity index (χ1v) is 6.80. The van der Waals surface area contributed by atoms with E-state index in [1.54, 1.807) is 4.90 Å². The maximum atomic E-state index is 12.2. The predicted octanol–water partition coefficient (Wildman–Crippen LogP) is 3.85. The molecule has 0 saturated heterocycles. The van der Waals surface area contributed by atoms with Crippen molar-refractivity contribution in [1.29, 1.82) is 0 Å². The smallest absolute Gasteiger partial charge is 0.228 e. The van der Waals surface area contributed by atoms with Crippen LogP contribution in [0.5, 0.6) is 0 Å². The van der Waals surface area contributed by atoms with E-state index in [0.717, 1.165) is 11.3 Å². The first-order chi connectivity index (χ1) is 9.31. The van der Waals surface area contributed by atoms with E-state index in [-0.39, 0.29) is 5.91 Å². The summed E-state index contributed by atoms with van der Waals surface area (Å²) in [4.78, 5) is 14.0. The zero-order chi connectivity index (χ0) is 13.5. The van der Waals surface area contributed by atoms with Crippen LogP contribution in [0.25, 0.3) is 0 Å². The summed E-state index contributed by atoms with van der Waals surface area (Å²) in [5.74, 6) is 0.391. The van der Waals surface area contributed by atoms with Crippen LogP contribution < -0.4 is 4.90 Å². The van der Waals surface area contributed by atoms with Gasteiger partial charge in [0.15, 0.2) is 0 Å². The fourth-order valence-corrected chi connectivity index (χ4v) is 2.07. The molecule has 0 saturated carbocycles. The first-order valence-electron chi connectivity index (χ1n) is 6.26. The van der Waals surface area contributed by atoms with E-state index in [2.05, 4.69) is 0 Å². The highest BCUT2D eigenvalue weighted by Gasteiger charge is 2.15. The van der Waals surface area contributed by atoms with E-state index in [0.29, 0.717) is 18.8 Å². The zero-order valence-electron chi connectivity index (χ0n) is 10.6. The second kappa shape index (κ2) is 6.95. The summed E-state index contributed by atoms with van der Waals surface area (Å²) < 4.78 is 0. The molecule has 0 aliphatic heterocycles. The van der Waals surface area contributed by atoms with Crippen LogP contribution in [0.15, 0.2) is 60.7 Å². The molecule has 0 unspecified atom stereocenters. The number of alkyl halides is 1. The lowest BCUT2D eigenvalue weighted by Gasteiger charge is -2.22. The monoisotopic (exact) mass is 273 g/mol. The molecule has 98 valence electrons. The average Bonchev–Trinajstić information content (AvgIpc) is 2.47. The highest BCUT2D eigenvalue weighted by molar-refractivity contribution is 6.19. The molecular weight excluding hydrogens is 258 g/mol. The van der Waals surface area contributed by atoms with E-state index < -0.39 is 0 Å². The third-order valence-corrected chi connectivity index (χ3v) is 3.05. The zero-order valence-corrected chi connectivity index (χ0v) is 11.4. The maximum absolute atomic E-state index is 12.2. The van der Waals surface area contributed by atoms with Crippen LogP contribution in [-0.2, 0) is 11.3 Å². The van der Waals surface area contributed by atoms with Gasteiger partial charge < -0.3 is 4.90 Å². The molecule has 0 atom stereocenters. The molecule has 3 heteroatoms. The molecular formula is C16H16ClNO. The topological polar surface area (TPSA) is 20.3 Å². The van der Waals surface area contributed by atoms with Crippen LogP contribution in [0.1, 0.15) is 12.0 Å². The van der Waals surface area contributed by atoms with Gasteiger partial charge in [0, 0.05) is 18.0 Å². The van der Waals surface area contributed by atoms with Gasteiger partial charge >= 0.3 is 0 Å². The third-order valence-electron chi connectivity index (χ3n) is 2.86. The van der Waals surface area contributed by atoms with Crippen LogP contribution in [0.3, 0.4) is 0 Å². The Balaban J connectivity index is 2.22. The molecule has 0 N–H and O–H groups in total. The SMILES string of the molecule is O=C(CCCl)N(Cc1ccccc1)c1ccccc1. The normalized spacial score (nSPS) is 10.2. The number of halogens is 1. The number of carbonyl (C=O) groups excluding carboxylic acids is 1. The number of rotatable bonds is 5. The van der Waals surface area contributed by atoms with E-state index in [1.807, 2.05) is 60.7 Å². The highest BCUT2D eigenvalue weighted by Crippen LogP contribution is 2.18. The molecule has 0 aromatic heterocycles. The number of benzene rings is 2. The number of carbonyl (C=O) groups is 1. The molecule has 0 spiro atoms. The van der Waals surface area contributed by atoms with Gasteiger partial charge in [-0.15, -0.1) is 11.6 Å². The van der Waals surface area contributed by atoms with E-state index in [4.69, 9.17) is 11.6 Å². The van der Waals surface area contributed by atoms with Crippen LogP contribution in [0, 0.1) is 0 Å². The number of amides is 1. The van der Waals surface area contributed by atoms with Crippen LogP contribution in [0.4, 0.5) is 5.69 Å². The number of nitrogens with zero attached hydrogens (tertiary/aromatic N) is 1. The fraction of sp³-hybridized carbons (Fsp3) is 0.188. The minimum Gasteiger partial charge on any atom is -0.308 e. The van der Waals surface area contributed by atoms with Gasteiger partial charge in [-0.2, -0.15) is 0 Å². The molecule has 1 amide bonds. The van der Waals surface area contributed by atoms with Gasteiger partial charge in [0.1, 0.15) is 0 Å². The average molecular weight is 274 g/mol. The van der Waals surface area contributed by atoms with E-state index >= 15 is 0 Å². The van der Waals surface area contributed by atoms with Gasteiger partial charge in [-0.3, -0.25) is 4.79 Å². The van der Waals surface area contributed by atoms with Crippen molar-refractivity contribution in [2.75, 3.05) is 10.8 Å². The second-order valence-corrected chi connectivity index (χ2v) is 4.62. The van der Waals surface area contributed by atoms with Gasteiger partial charge in [-0.1, -0.05) is 48.5 Å². The van der Waals surface area contributed by atoms with Crippen LogP contribution in [0.2, 0.25) is 0 Å². The molecule has 0 heterocycles. The Bertz CT molecular complexity index is 513. The van der Waals surface area contributed by atoms with Crippen LogP contribution >= 0.6 is 11.6 Å². The third kappa shape index (κ3) is 3.83. The number of anilines is 1. The van der Waals surface area contributed by atoms with Crippen molar-refractivity contribution in [2.24, 2.45) is 0 Å². The Morgan fingerprint density at radius 1 is 0.947 bits per heavy atom. The van der Waals surface area contributed by atoms with Crippen molar-refractivity contribution in [3.05, 3.63) is 66.2 Å². The Labute approximate surface area is 118 Å². The molecule has 2 aromatic carbocycles. The molecule has 2 rings (SSSR count). The van der Waals surface area contributed by atoms with E-state index in [1.165, 1.54) is 0 Å². The quantitative estimate of drug-likeness (QED) is 0.758. The lowest BCUT2D eigenvalue weighted by molar-refractivity contribution is -0.118. The van der Waals surface area contributed by atoms with Crippen molar-refractivity contribution in [3.8, 4) is 0 Å². The van der Waals surface area contributed by atoms with Gasteiger partial charge in [0.25, 0.3) is 0 Å². The van der Waals surface area contributed by atoms with E-state index in [9.17, 15) is 4.79 Å². The Morgan fingerprint density at radius 2 is 1.53 bits per heavy atom. The van der Waals surface area contributed by atoms with Crippen molar-refractivity contribution in [3.63, 3.8) is 0 Å². The Kier molecular flexibility index (Phi) is 4.99. The minimum absolute atomic E-state index is 0.0463. The van der Waals surface area contributed by atoms with Crippen molar-refractivity contribution >= 4 is 23.2 Å². The summed E-state index contributed by atoms with van der Waals surface area (Å²) in [5, 5.41) is 0. The molecule has 0 bridgehead atoms. The second-order valence-electron chi connectivity index (χ2n) is 4.24. The summed E-state index contributed by atoms with van der Waals surface area (Å²) >= 11 is 5.68. The van der Waals surface area contributed by atoms with Gasteiger partial charge in [0.2, 0.25) is 5.91 Å². The van der Waals surface area contributed by atoms with Gasteiger partial charge in [-0.05, 0) is 17.7 Å². The molecule has 19 heavy (non-hydrogen) atoms. The molecule has 0 aliphatic rings. The Hall–Kier alpha value is -1.80. The standard InChI is InChI=1S/C16H16ClNO/c17-12-11-16(19)18(15-9-5-2-6-10-15)13-14-7-3-1-4-8-14/h1-10H,11-13H2. The largest absolute Gasteiger partial charge is 0.308 e. The summed E-state index contributed by atoms with van der Waals surface area (Å²) in [7, 11) is 0. The predicted molar refractivity (Wildman–Crippen MR) is 79.4 cm³/mol. The molecule has 2 aromatic rings. The summed E-state index contributed by atoms with van der Waals surface area (Å²) in [6.07, 6.45) is 0.350. The summed E-state index contributed by atoms with van der Waals surface area (Å²) in [6.45, 7) is 0.570. The number of hydrogen-bond donors (Lipinski definition) is 0. The lowest BCUT2D eigenvalue weighted by Crippen LogP contribution is -2.30. The van der Waals surface area contributed by atoms with Gasteiger partial charge in [-0.25, -0.2) is 0 Å². The summed E-state index contributed by atoms with van der Waals surface area (Å²) in [5.41, 5.74) is 2.01. The number of hydrogen-bond acceptors (Lipinski definition) is 1. The van der Waals surface area contributed by atoms with Crippen molar-refractivity contribution in [1.82, 2.24) is 0 Å². The molecule has 0 fully saturated rings. The first kappa shape index (κ1) is 13.6.